The average Bonchev–Trinajstić information content (AvgIpc) is 3.35. The van der Waals surface area contributed by atoms with E-state index in [0.717, 1.165) is 5.56 Å². The predicted octanol–water partition coefficient (Wildman–Crippen LogP) is 3.07. The molecule has 0 bridgehead atoms. The van der Waals surface area contributed by atoms with Gasteiger partial charge in [-0.15, -0.1) is 0 Å². The van der Waals surface area contributed by atoms with Crippen LogP contribution < -0.4 is 5.32 Å². The molecule has 162 valence electrons. The first-order valence-corrected chi connectivity index (χ1v) is 10.1. The maximum Gasteiger partial charge on any atom is 0.407 e. The standard InChI is InChI=1S/C22H25N5O4/c1-22(2,3)31-21(30)24-14-8-9-27(12-14)20(29)16-10-18(13-4-6-15(28)7-5-13)25-19-17(16)11-23-26-19/h4-7,10-11,14,28H,8-9,12H2,1-3H3,(H,24,30)(H,23,25,26)/t14-/m1/s1. The number of amides is 2. The third-order valence-corrected chi connectivity index (χ3v) is 5.01. The number of benzene rings is 1. The first-order valence-electron chi connectivity index (χ1n) is 10.1. The molecule has 9 nitrogen and oxygen atoms in total. The van der Waals surface area contributed by atoms with Gasteiger partial charge in [-0.25, -0.2) is 9.78 Å². The third kappa shape index (κ3) is 4.60. The molecule has 3 N–H and O–H groups in total. The summed E-state index contributed by atoms with van der Waals surface area (Å²) in [5, 5.41) is 19.9. The molecule has 0 unspecified atom stereocenters. The van der Waals surface area contributed by atoms with E-state index in [2.05, 4.69) is 20.5 Å². The van der Waals surface area contributed by atoms with E-state index in [1.165, 1.54) is 0 Å². The summed E-state index contributed by atoms with van der Waals surface area (Å²) in [7, 11) is 0. The number of phenols is 1. The third-order valence-electron chi connectivity index (χ3n) is 5.01. The Hall–Kier alpha value is -3.62. The van der Waals surface area contributed by atoms with Crippen LogP contribution in [-0.4, -0.2) is 61.9 Å². The summed E-state index contributed by atoms with van der Waals surface area (Å²) in [6.45, 7) is 6.34. The lowest BCUT2D eigenvalue weighted by molar-refractivity contribution is 0.0502. The molecule has 31 heavy (non-hydrogen) atoms. The number of carbonyl (C=O) groups excluding carboxylic acids is 2. The number of nitrogens with zero attached hydrogens (tertiary/aromatic N) is 3. The molecule has 2 aromatic heterocycles. The van der Waals surface area contributed by atoms with Crippen molar-refractivity contribution >= 4 is 23.0 Å². The topological polar surface area (TPSA) is 120 Å². The number of fused-ring (bicyclic) bond motifs is 1. The van der Waals surface area contributed by atoms with Crippen molar-refractivity contribution in [3.05, 3.63) is 42.1 Å². The van der Waals surface area contributed by atoms with Gasteiger partial charge in [-0.1, -0.05) is 0 Å². The van der Waals surface area contributed by atoms with Gasteiger partial charge in [0.2, 0.25) is 0 Å². The number of H-pyrrole nitrogens is 1. The molecular weight excluding hydrogens is 398 g/mol. The molecule has 4 rings (SSSR count). The van der Waals surface area contributed by atoms with E-state index < -0.39 is 11.7 Å². The van der Waals surface area contributed by atoms with Crippen molar-refractivity contribution in [1.82, 2.24) is 25.4 Å². The monoisotopic (exact) mass is 423 g/mol. The number of alkyl carbamates (subject to hydrolysis) is 1. The number of aromatic nitrogens is 3. The van der Waals surface area contributed by atoms with Crippen LogP contribution in [0.4, 0.5) is 4.79 Å². The SMILES string of the molecule is CC(C)(C)OC(=O)N[C@@H]1CCN(C(=O)c2cc(-c3ccc(O)cc3)nc3[nH]ncc23)C1. The molecule has 1 aliphatic rings. The van der Waals surface area contributed by atoms with Crippen molar-refractivity contribution in [2.75, 3.05) is 13.1 Å². The summed E-state index contributed by atoms with van der Waals surface area (Å²) in [6, 6.07) is 8.19. The van der Waals surface area contributed by atoms with Crippen LogP contribution >= 0.6 is 0 Å². The Morgan fingerprint density at radius 3 is 2.71 bits per heavy atom. The second-order valence-electron chi connectivity index (χ2n) is 8.62. The number of likely N-dealkylation sites (tertiary alicyclic amines) is 1. The minimum absolute atomic E-state index is 0.151. The molecule has 1 aliphatic heterocycles. The van der Waals surface area contributed by atoms with E-state index in [-0.39, 0.29) is 17.7 Å². The fourth-order valence-corrected chi connectivity index (χ4v) is 3.59. The zero-order valence-electron chi connectivity index (χ0n) is 17.7. The Labute approximate surface area is 179 Å². The molecule has 0 aliphatic carbocycles. The van der Waals surface area contributed by atoms with Crippen molar-refractivity contribution in [1.29, 1.82) is 0 Å². The maximum absolute atomic E-state index is 13.3. The van der Waals surface area contributed by atoms with Crippen LogP contribution in [-0.2, 0) is 4.74 Å². The van der Waals surface area contributed by atoms with Gasteiger partial charge in [-0.3, -0.25) is 9.89 Å². The van der Waals surface area contributed by atoms with E-state index in [1.807, 2.05) is 20.8 Å². The lowest BCUT2D eigenvalue weighted by Gasteiger charge is -2.22. The van der Waals surface area contributed by atoms with Crippen molar-refractivity contribution in [2.24, 2.45) is 0 Å². The molecule has 1 atom stereocenters. The summed E-state index contributed by atoms with van der Waals surface area (Å²) >= 11 is 0. The van der Waals surface area contributed by atoms with E-state index in [0.29, 0.717) is 41.8 Å². The number of aromatic amines is 1. The molecule has 9 heteroatoms. The molecule has 0 radical (unpaired) electrons. The zero-order chi connectivity index (χ0) is 22.2. The van der Waals surface area contributed by atoms with Crippen LogP contribution in [0, 0.1) is 0 Å². The van der Waals surface area contributed by atoms with Crippen molar-refractivity contribution in [2.45, 2.75) is 38.8 Å². The smallest absolute Gasteiger partial charge is 0.407 e. The molecule has 3 aromatic rings. The largest absolute Gasteiger partial charge is 0.508 e. The van der Waals surface area contributed by atoms with Crippen LogP contribution in [0.25, 0.3) is 22.3 Å². The van der Waals surface area contributed by atoms with E-state index in [4.69, 9.17) is 4.74 Å². The highest BCUT2D eigenvalue weighted by atomic mass is 16.6. The van der Waals surface area contributed by atoms with Crippen LogP contribution in [0.2, 0.25) is 0 Å². The van der Waals surface area contributed by atoms with E-state index in [1.54, 1.807) is 41.4 Å². The number of nitrogens with one attached hydrogen (secondary N) is 2. The van der Waals surface area contributed by atoms with E-state index in [9.17, 15) is 14.7 Å². The highest BCUT2D eigenvalue weighted by molar-refractivity contribution is 6.06. The molecule has 2 amide bonds. The summed E-state index contributed by atoms with van der Waals surface area (Å²) in [6.07, 6.45) is 1.75. The van der Waals surface area contributed by atoms with Gasteiger partial charge in [0.15, 0.2) is 5.65 Å². The highest BCUT2D eigenvalue weighted by Gasteiger charge is 2.30. The Kier molecular flexibility index (Phi) is 5.26. The number of pyridine rings is 1. The van der Waals surface area contributed by atoms with Gasteiger partial charge >= 0.3 is 6.09 Å². The second-order valence-corrected chi connectivity index (χ2v) is 8.62. The first kappa shape index (κ1) is 20.6. The maximum atomic E-state index is 13.3. The van der Waals surface area contributed by atoms with Crippen molar-refractivity contribution < 1.29 is 19.4 Å². The molecule has 1 fully saturated rings. The van der Waals surface area contributed by atoms with Gasteiger partial charge in [0.05, 0.1) is 28.9 Å². The zero-order valence-corrected chi connectivity index (χ0v) is 17.7. The average molecular weight is 423 g/mol. The highest BCUT2D eigenvalue weighted by Crippen LogP contribution is 2.27. The summed E-state index contributed by atoms with van der Waals surface area (Å²) in [4.78, 5) is 31.6. The van der Waals surface area contributed by atoms with Crippen LogP contribution in [0.3, 0.4) is 0 Å². The minimum atomic E-state index is -0.577. The molecular formula is C22H25N5O4. The second kappa shape index (κ2) is 7.90. The Bertz CT molecular complexity index is 1120. The van der Waals surface area contributed by atoms with Crippen molar-refractivity contribution in [3.63, 3.8) is 0 Å². The number of phenolic OH excluding ortho intramolecular Hbond substituents is 1. The first-order chi connectivity index (χ1) is 14.7. The fraction of sp³-hybridized carbons (Fsp3) is 0.364. The van der Waals surface area contributed by atoms with E-state index >= 15 is 0 Å². The minimum Gasteiger partial charge on any atom is -0.508 e. The predicted molar refractivity (Wildman–Crippen MR) is 115 cm³/mol. The van der Waals surface area contributed by atoms with Gasteiger partial charge in [-0.05, 0) is 57.5 Å². The van der Waals surface area contributed by atoms with Crippen LogP contribution in [0.5, 0.6) is 5.75 Å². The molecule has 1 saturated heterocycles. The van der Waals surface area contributed by atoms with Crippen molar-refractivity contribution in [3.8, 4) is 17.0 Å². The Morgan fingerprint density at radius 2 is 2.00 bits per heavy atom. The summed E-state index contributed by atoms with van der Waals surface area (Å²) in [5.41, 5.74) is 1.79. The molecule has 3 heterocycles. The Morgan fingerprint density at radius 1 is 1.26 bits per heavy atom. The van der Waals surface area contributed by atoms with Gasteiger partial charge < -0.3 is 20.1 Å². The number of rotatable bonds is 3. The van der Waals surface area contributed by atoms with Gasteiger partial charge in [0.1, 0.15) is 11.4 Å². The normalized spacial score (nSPS) is 16.5. The number of aromatic hydroxyl groups is 1. The molecule has 0 saturated carbocycles. The van der Waals surface area contributed by atoms with Gasteiger partial charge in [0.25, 0.3) is 5.91 Å². The van der Waals surface area contributed by atoms with Crippen LogP contribution in [0.15, 0.2) is 36.5 Å². The summed E-state index contributed by atoms with van der Waals surface area (Å²) in [5.74, 6) is 0.00517. The Balaban J connectivity index is 1.55. The number of hydrogen-bond donors (Lipinski definition) is 3. The summed E-state index contributed by atoms with van der Waals surface area (Å²) < 4.78 is 5.31. The number of carbonyl (C=O) groups is 2. The lowest BCUT2D eigenvalue weighted by Crippen LogP contribution is -2.41. The quantitative estimate of drug-likeness (QED) is 0.595. The van der Waals surface area contributed by atoms with Crippen LogP contribution in [0.1, 0.15) is 37.6 Å². The molecule has 0 spiro atoms. The number of hydrogen-bond acceptors (Lipinski definition) is 6. The lowest BCUT2D eigenvalue weighted by atomic mass is 10.1. The number of ether oxygens (including phenoxy) is 1. The van der Waals surface area contributed by atoms with Gasteiger partial charge in [-0.2, -0.15) is 5.10 Å². The molecule has 1 aromatic carbocycles. The fourth-order valence-electron chi connectivity index (χ4n) is 3.59. The van der Waals surface area contributed by atoms with Gasteiger partial charge in [0, 0.05) is 18.7 Å².